The minimum absolute atomic E-state index is 0.170. The van der Waals surface area contributed by atoms with Crippen molar-refractivity contribution in [2.45, 2.75) is 38.6 Å². The van der Waals surface area contributed by atoms with Gasteiger partial charge in [0, 0.05) is 6.42 Å². The van der Waals surface area contributed by atoms with Crippen LogP contribution in [0, 0.1) is 0 Å². The maximum Gasteiger partial charge on any atom is 0.243 e. The number of imide groups is 1. The molecule has 0 saturated carbocycles. The van der Waals surface area contributed by atoms with E-state index in [1.165, 1.54) is 0 Å². The fourth-order valence-electron chi connectivity index (χ4n) is 1.89. The summed E-state index contributed by atoms with van der Waals surface area (Å²) < 4.78 is 0. The summed E-state index contributed by atoms with van der Waals surface area (Å²) in [5.74, 6) is 4.30. The van der Waals surface area contributed by atoms with Gasteiger partial charge in [-0.25, -0.2) is 5.84 Å². The molecule has 1 saturated heterocycles. The molecule has 0 aromatic rings. The van der Waals surface area contributed by atoms with Gasteiger partial charge in [-0.2, -0.15) is 0 Å². The lowest BCUT2D eigenvalue weighted by molar-refractivity contribution is -0.139. The van der Waals surface area contributed by atoms with Crippen molar-refractivity contribution in [1.29, 1.82) is 0 Å². The van der Waals surface area contributed by atoms with E-state index in [1.807, 2.05) is 4.90 Å². The van der Waals surface area contributed by atoms with Crippen LogP contribution < -0.4 is 16.6 Å². The molecule has 1 fully saturated rings. The molecule has 0 spiro atoms. The number of nitrogens with one attached hydrogen (secondary N) is 2. The number of hydrogen-bond donors (Lipinski definition) is 3. The first kappa shape index (κ1) is 14.6. The number of hydrogen-bond acceptors (Lipinski definition) is 5. The Morgan fingerprint density at radius 1 is 1.44 bits per heavy atom. The molecular weight excluding hydrogens is 236 g/mol. The number of piperazine rings is 1. The molecule has 0 aromatic carbocycles. The highest BCUT2D eigenvalue weighted by molar-refractivity contribution is 6.00. The van der Waals surface area contributed by atoms with Crippen molar-refractivity contribution in [3.63, 3.8) is 0 Å². The van der Waals surface area contributed by atoms with E-state index < -0.39 is 0 Å². The van der Waals surface area contributed by atoms with Gasteiger partial charge in [0.05, 0.1) is 12.6 Å². The van der Waals surface area contributed by atoms with E-state index >= 15 is 0 Å². The largest absolute Gasteiger partial charge is 0.294 e. The van der Waals surface area contributed by atoms with Crippen molar-refractivity contribution >= 4 is 17.7 Å². The lowest BCUT2D eigenvalue weighted by atomic mass is 10.1. The van der Waals surface area contributed by atoms with Gasteiger partial charge in [0.15, 0.2) is 0 Å². The minimum Gasteiger partial charge on any atom is -0.294 e. The highest BCUT2D eigenvalue weighted by atomic mass is 16.2. The second-order valence-corrected chi connectivity index (χ2v) is 4.44. The maximum absolute atomic E-state index is 11.4. The smallest absolute Gasteiger partial charge is 0.243 e. The summed E-state index contributed by atoms with van der Waals surface area (Å²) in [6.45, 7) is 2.73. The summed E-state index contributed by atoms with van der Waals surface area (Å²) in [6, 6.07) is -0.268. The van der Waals surface area contributed by atoms with Crippen LogP contribution in [-0.2, 0) is 14.4 Å². The average Bonchev–Trinajstić information content (AvgIpc) is 2.34. The van der Waals surface area contributed by atoms with Gasteiger partial charge in [0.2, 0.25) is 17.7 Å². The van der Waals surface area contributed by atoms with Crippen LogP contribution in [0.25, 0.3) is 0 Å². The lowest BCUT2D eigenvalue weighted by Gasteiger charge is -2.31. The van der Waals surface area contributed by atoms with E-state index in [2.05, 4.69) is 10.7 Å². The summed E-state index contributed by atoms with van der Waals surface area (Å²) in [7, 11) is 0. The molecule has 1 heterocycles. The summed E-state index contributed by atoms with van der Waals surface area (Å²) >= 11 is 0. The fourth-order valence-corrected chi connectivity index (χ4v) is 1.89. The van der Waals surface area contributed by atoms with Crippen LogP contribution in [-0.4, -0.2) is 41.8 Å². The summed E-state index contributed by atoms with van der Waals surface area (Å²) in [4.78, 5) is 35.3. The first-order valence-corrected chi connectivity index (χ1v) is 6.11. The van der Waals surface area contributed by atoms with E-state index in [0.717, 1.165) is 19.3 Å². The zero-order valence-electron chi connectivity index (χ0n) is 10.6. The normalized spacial score (nSPS) is 20.7. The van der Waals surface area contributed by atoms with Gasteiger partial charge < -0.3 is 0 Å². The van der Waals surface area contributed by atoms with Crippen molar-refractivity contribution in [2.75, 3.05) is 13.1 Å². The maximum atomic E-state index is 11.4. The minimum atomic E-state index is -0.268. The molecule has 1 atom stereocenters. The molecule has 3 amide bonds. The lowest BCUT2D eigenvalue weighted by Crippen LogP contribution is -2.56. The number of nitrogens with two attached hydrogens (primary N) is 1. The Balaban J connectivity index is 2.20. The predicted molar refractivity (Wildman–Crippen MR) is 65.0 cm³/mol. The standard InChI is InChI=1S/C11H20N4O3/c1-8-11(18)13-10(17)7-15(8)6-4-2-3-5-9(16)14-12/h8H,2-7,12H2,1H3,(H,14,16)(H,13,17,18). The highest BCUT2D eigenvalue weighted by Crippen LogP contribution is 2.08. The van der Waals surface area contributed by atoms with Crippen LogP contribution in [0.5, 0.6) is 0 Å². The van der Waals surface area contributed by atoms with Gasteiger partial charge >= 0.3 is 0 Å². The predicted octanol–water partition coefficient (Wildman–Crippen LogP) is -1.12. The molecule has 1 aliphatic rings. The topological polar surface area (TPSA) is 105 Å². The van der Waals surface area contributed by atoms with E-state index in [0.29, 0.717) is 13.0 Å². The Hall–Kier alpha value is -1.47. The van der Waals surface area contributed by atoms with E-state index in [1.54, 1.807) is 6.92 Å². The van der Waals surface area contributed by atoms with E-state index in [-0.39, 0.29) is 30.3 Å². The van der Waals surface area contributed by atoms with Gasteiger partial charge in [0.1, 0.15) is 0 Å². The summed E-state index contributed by atoms with van der Waals surface area (Å²) in [6.07, 6.45) is 2.88. The van der Waals surface area contributed by atoms with Gasteiger partial charge in [-0.3, -0.25) is 30.0 Å². The van der Waals surface area contributed by atoms with E-state index in [9.17, 15) is 14.4 Å². The molecule has 18 heavy (non-hydrogen) atoms. The molecule has 0 radical (unpaired) electrons. The van der Waals surface area contributed by atoms with Gasteiger partial charge in [0.25, 0.3) is 0 Å². The number of nitrogens with zero attached hydrogens (tertiary/aromatic N) is 1. The van der Waals surface area contributed by atoms with Gasteiger partial charge in [-0.15, -0.1) is 0 Å². The van der Waals surface area contributed by atoms with Crippen LogP contribution >= 0.6 is 0 Å². The first-order chi connectivity index (χ1) is 8.54. The third-order valence-corrected chi connectivity index (χ3v) is 3.05. The number of hydrazine groups is 1. The number of carbonyl (C=O) groups excluding carboxylic acids is 3. The Morgan fingerprint density at radius 2 is 2.17 bits per heavy atom. The molecule has 102 valence electrons. The Morgan fingerprint density at radius 3 is 2.83 bits per heavy atom. The van der Waals surface area contributed by atoms with Crippen LogP contribution in [0.1, 0.15) is 32.6 Å². The average molecular weight is 256 g/mol. The quantitative estimate of drug-likeness (QED) is 0.184. The van der Waals surface area contributed by atoms with Crippen LogP contribution in [0.3, 0.4) is 0 Å². The molecule has 1 unspecified atom stereocenters. The fraction of sp³-hybridized carbons (Fsp3) is 0.727. The molecular formula is C11H20N4O3. The van der Waals surface area contributed by atoms with Crippen molar-refractivity contribution in [3.05, 3.63) is 0 Å². The van der Waals surface area contributed by atoms with Crippen LogP contribution in [0.2, 0.25) is 0 Å². The second kappa shape index (κ2) is 7.07. The Labute approximate surface area is 106 Å². The molecule has 4 N–H and O–H groups in total. The monoisotopic (exact) mass is 256 g/mol. The SMILES string of the molecule is CC1C(=O)NC(=O)CN1CCCCCC(=O)NN. The zero-order valence-corrected chi connectivity index (χ0v) is 10.6. The summed E-state index contributed by atoms with van der Waals surface area (Å²) in [5, 5.41) is 2.30. The van der Waals surface area contributed by atoms with Crippen molar-refractivity contribution in [2.24, 2.45) is 5.84 Å². The van der Waals surface area contributed by atoms with Crippen molar-refractivity contribution < 1.29 is 14.4 Å². The molecule has 0 aromatic heterocycles. The second-order valence-electron chi connectivity index (χ2n) is 4.44. The number of amides is 3. The first-order valence-electron chi connectivity index (χ1n) is 6.11. The Bertz CT molecular complexity index is 332. The molecule has 1 aliphatic heterocycles. The van der Waals surface area contributed by atoms with Crippen LogP contribution in [0.4, 0.5) is 0 Å². The summed E-state index contributed by atoms with van der Waals surface area (Å²) in [5.41, 5.74) is 2.08. The third-order valence-electron chi connectivity index (χ3n) is 3.05. The molecule has 7 heteroatoms. The molecule has 1 rings (SSSR count). The number of rotatable bonds is 6. The van der Waals surface area contributed by atoms with E-state index in [4.69, 9.17) is 5.84 Å². The van der Waals surface area contributed by atoms with Gasteiger partial charge in [-0.05, 0) is 26.3 Å². The molecule has 0 aliphatic carbocycles. The van der Waals surface area contributed by atoms with Crippen molar-refractivity contribution in [3.8, 4) is 0 Å². The zero-order chi connectivity index (χ0) is 13.5. The molecule has 0 bridgehead atoms. The van der Waals surface area contributed by atoms with Crippen molar-refractivity contribution in [1.82, 2.24) is 15.6 Å². The highest BCUT2D eigenvalue weighted by Gasteiger charge is 2.29. The number of carbonyl (C=O) groups is 3. The number of unbranched alkanes of at least 4 members (excludes halogenated alkanes) is 2. The van der Waals surface area contributed by atoms with Crippen LogP contribution in [0.15, 0.2) is 0 Å². The Kier molecular flexibility index (Phi) is 5.73. The molecule has 7 nitrogen and oxygen atoms in total. The third kappa shape index (κ3) is 4.42. The van der Waals surface area contributed by atoms with Gasteiger partial charge in [-0.1, -0.05) is 6.42 Å².